The number of amides is 1. The van der Waals surface area contributed by atoms with E-state index in [1.54, 1.807) is 24.2 Å². The summed E-state index contributed by atoms with van der Waals surface area (Å²) in [5.41, 5.74) is 3.95. The molecule has 1 aromatic heterocycles. The smallest absolute Gasteiger partial charge is 0.232 e. The summed E-state index contributed by atoms with van der Waals surface area (Å²) in [6, 6.07) is 12.5. The van der Waals surface area contributed by atoms with Gasteiger partial charge in [0.15, 0.2) is 0 Å². The first kappa shape index (κ1) is 16.1. The number of aryl methyl sites for hydroxylation is 1. The van der Waals surface area contributed by atoms with E-state index in [4.69, 9.17) is 0 Å². The van der Waals surface area contributed by atoms with Crippen molar-refractivity contribution >= 4 is 17.7 Å². The van der Waals surface area contributed by atoms with Crippen LogP contribution in [0.4, 0.5) is 0 Å². The summed E-state index contributed by atoms with van der Waals surface area (Å²) in [6.07, 6.45) is 4.67. The van der Waals surface area contributed by atoms with E-state index in [0.717, 1.165) is 25.3 Å². The Morgan fingerprint density at radius 1 is 1.26 bits per heavy atom. The molecule has 1 aliphatic rings. The van der Waals surface area contributed by atoms with Crippen LogP contribution in [0.5, 0.6) is 0 Å². The number of aromatic nitrogens is 1. The predicted molar refractivity (Wildman–Crippen MR) is 95.5 cm³/mol. The number of carbonyl (C=O) groups excluding carboxylic acids is 1. The second kappa shape index (κ2) is 7.64. The largest absolute Gasteiger partial charge is 0.341 e. The van der Waals surface area contributed by atoms with Gasteiger partial charge in [-0.05, 0) is 42.2 Å². The van der Waals surface area contributed by atoms with Crippen LogP contribution in [0, 0.1) is 6.92 Å². The van der Waals surface area contributed by atoms with E-state index in [0.29, 0.717) is 11.7 Å². The number of thioether (sulfide) groups is 1. The minimum Gasteiger partial charge on any atom is -0.341 e. The fourth-order valence-electron chi connectivity index (χ4n) is 3.11. The zero-order chi connectivity index (χ0) is 16.1. The highest BCUT2D eigenvalue weighted by Gasteiger charge is 2.27. The van der Waals surface area contributed by atoms with Gasteiger partial charge in [0.2, 0.25) is 5.91 Å². The summed E-state index contributed by atoms with van der Waals surface area (Å²) >= 11 is 1.68. The summed E-state index contributed by atoms with van der Waals surface area (Å²) in [6.45, 7) is 3.90. The highest BCUT2D eigenvalue weighted by molar-refractivity contribution is 7.99. The van der Waals surface area contributed by atoms with Crippen LogP contribution in [0.25, 0.3) is 0 Å². The molecule has 0 radical (unpaired) electrons. The monoisotopic (exact) mass is 326 g/mol. The molecule has 0 N–H and O–H groups in total. The number of hydrogen-bond donors (Lipinski definition) is 0. The number of pyridine rings is 1. The van der Waals surface area contributed by atoms with Crippen LogP contribution in [0.2, 0.25) is 0 Å². The third-order valence-corrected chi connectivity index (χ3v) is 5.40. The molecule has 0 unspecified atom stereocenters. The van der Waals surface area contributed by atoms with Gasteiger partial charge in [0.05, 0.1) is 5.75 Å². The van der Waals surface area contributed by atoms with Gasteiger partial charge in [0, 0.05) is 37.2 Å². The molecule has 1 fully saturated rings. The second-order valence-electron chi connectivity index (χ2n) is 6.03. The van der Waals surface area contributed by atoms with Crippen molar-refractivity contribution in [2.24, 2.45) is 0 Å². The van der Waals surface area contributed by atoms with Gasteiger partial charge in [-0.25, -0.2) is 0 Å². The second-order valence-corrected chi connectivity index (χ2v) is 7.02. The molecule has 1 aromatic carbocycles. The summed E-state index contributed by atoms with van der Waals surface area (Å²) < 4.78 is 0. The van der Waals surface area contributed by atoms with Gasteiger partial charge in [-0.1, -0.05) is 24.3 Å². The molecular weight excluding hydrogens is 304 g/mol. The van der Waals surface area contributed by atoms with E-state index in [2.05, 4.69) is 36.2 Å². The van der Waals surface area contributed by atoms with Crippen molar-refractivity contribution in [1.29, 1.82) is 0 Å². The van der Waals surface area contributed by atoms with Crippen LogP contribution in [0.3, 0.4) is 0 Å². The summed E-state index contributed by atoms with van der Waals surface area (Å²) in [7, 11) is 0. The first-order valence-electron chi connectivity index (χ1n) is 8.04. The Balaban J connectivity index is 1.49. The van der Waals surface area contributed by atoms with Gasteiger partial charge in [-0.15, -0.1) is 11.8 Å². The summed E-state index contributed by atoms with van der Waals surface area (Å²) in [4.78, 5) is 18.4. The fourth-order valence-corrected chi connectivity index (χ4v) is 4.00. The van der Waals surface area contributed by atoms with E-state index in [9.17, 15) is 4.79 Å². The van der Waals surface area contributed by atoms with E-state index in [-0.39, 0.29) is 5.91 Å². The maximum atomic E-state index is 12.4. The van der Waals surface area contributed by atoms with Crippen molar-refractivity contribution in [3.63, 3.8) is 0 Å². The molecule has 120 valence electrons. The van der Waals surface area contributed by atoms with Gasteiger partial charge >= 0.3 is 0 Å². The lowest BCUT2D eigenvalue weighted by Crippen LogP contribution is -2.30. The van der Waals surface area contributed by atoms with Gasteiger partial charge < -0.3 is 4.90 Å². The van der Waals surface area contributed by atoms with Crippen LogP contribution in [0.1, 0.15) is 29.0 Å². The minimum atomic E-state index is 0.264. The van der Waals surface area contributed by atoms with Crippen LogP contribution < -0.4 is 0 Å². The zero-order valence-corrected chi connectivity index (χ0v) is 14.3. The van der Waals surface area contributed by atoms with E-state index >= 15 is 0 Å². The molecule has 0 aliphatic carbocycles. The summed E-state index contributed by atoms with van der Waals surface area (Å²) in [5, 5.41) is 0. The SMILES string of the molecule is Cc1ccccc1[C@@H]1CCN(C(=O)CSCc2ccncc2)C1. The third-order valence-electron chi connectivity index (χ3n) is 4.41. The molecule has 1 aliphatic heterocycles. The molecule has 0 saturated carbocycles. The van der Waals surface area contributed by atoms with Gasteiger partial charge in [-0.2, -0.15) is 0 Å². The van der Waals surface area contributed by atoms with Crippen LogP contribution in [0.15, 0.2) is 48.8 Å². The fraction of sp³-hybridized carbons (Fsp3) is 0.368. The Morgan fingerprint density at radius 2 is 2.04 bits per heavy atom. The maximum absolute atomic E-state index is 12.4. The lowest BCUT2D eigenvalue weighted by Gasteiger charge is -2.17. The lowest BCUT2D eigenvalue weighted by molar-refractivity contribution is -0.127. The van der Waals surface area contributed by atoms with Crippen LogP contribution in [-0.2, 0) is 10.5 Å². The van der Waals surface area contributed by atoms with Crippen molar-refractivity contribution in [2.75, 3.05) is 18.8 Å². The molecule has 1 saturated heterocycles. The average molecular weight is 326 g/mol. The number of rotatable bonds is 5. The van der Waals surface area contributed by atoms with Crippen LogP contribution >= 0.6 is 11.8 Å². The highest BCUT2D eigenvalue weighted by Crippen LogP contribution is 2.29. The number of benzene rings is 1. The van der Waals surface area contributed by atoms with Crippen molar-refractivity contribution in [3.8, 4) is 0 Å². The van der Waals surface area contributed by atoms with Gasteiger partial charge in [0.1, 0.15) is 0 Å². The Bertz CT molecular complexity index is 659. The number of nitrogens with zero attached hydrogens (tertiary/aromatic N) is 2. The Kier molecular flexibility index (Phi) is 5.34. The van der Waals surface area contributed by atoms with Gasteiger partial charge in [0.25, 0.3) is 0 Å². The zero-order valence-electron chi connectivity index (χ0n) is 13.4. The molecule has 1 amide bonds. The highest BCUT2D eigenvalue weighted by atomic mass is 32.2. The molecular formula is C19H22N2OS. The van der Waals surface area contributed by atoms with Crippen molar-refractivity contribution in [3.05, 3.63) is 65.5 Å². The molecule has 2 aromatic rings. The third kappa shape index (κ3) is 4.14. The Hall–Kier alpha value is -1.81. The molecule has 3 nitrogen and oxygen atoms in total. The molecule has 4 heteroatoms. The molecule has 2 heterocycles. The van der Waals surface area contributed by atoms with Gasteiger partial charge in [-0.3, -0.25) is 9.78 Å². The van der Waals surface area contributed by atoms with Crippen LogP contribution in [-0.4, -0.2) is 34.6 Å². The van der Waals surface area contributed by atoms with Crippen molar-refractivity contribution in [1.82, 2.24) is 9.88 Å². The number of carbonyl (C=O) groups is 1. The molecule has 23 heavy (non-hydrogen) atoms. The first-order valence-corrected chi connectivity index (χ1v) is 9.19. The predicted octanol–water partition coefficient (Wildman–Crippen LogP) is 3.64. The number of likely N-dealkylation sites (tertiary alicyclic amines) is 1. The molecule has 0 bridgehead atoms. The van der Waals surface area contributed by atoms with E-state index < -0.39 is 0 Å². The molecule has 0 spiro atoms. The topological polar surface area (TPSA) is 33.2 Å². The van der Waals surface area contributed by atoms with E-state index in [1.165, 1.54) is 16.7 Å². The Morgan fingerprint density at radius 3 is 2.83 bits per heavy atom. The Labute approximate surface area is 142 Å². The van der Waals surface area contributed by atoms with Crippen molar-refractivity contribution in [2.45, 2.75) is 25.0 Å². The minimum absolute atomic E-state index is 0.264. The standard InChI is InChI=1S/C19H22N2OS/c1-15-4-2-3-5-18(15)17-8-11-21(12-17)19(22)14-23-13-16-6-9-20-10-7-16/h2-7,9-10,17H,8,11-14H2,1H3/t17-/m1/s1. The lowest BCUT2D eigenvalue weighted by atomic mass is 9.94. The average Bonchev–Trinajstić information content (AvgIpc) is 3.06. The molecule has 3 rings (SSSR count). The summed E-state index contributed by atoms with van der Waals surface area (Å²) in [5.74, 6) is 2.18. The van der Waals surface area contributed by atoms with Crippen molar-refractivity contribution < 1.29 is 4.79 Å². The molecule has 1 atom stereocenters. The number of hydrogen-bond acceptors (Lipinski definition) is 3. The maximum Gasteiger partial charge on any atom is 0.232 e. The first-order chi connectivity index (χ1) is 11.2. The quantitative estimate of drug-likeness (QED) is 0.841. The van der Waals surface area contributed by atoms with E-state index in [1.807, 2.05) is 17.0 Å². The normalized spacial score (nSPS) is 17.4.